The molecule has 3 aromatic rings. The summed E-state index contributed by atoms with van der Waals surface area (Å²) in [4.78, 5) is 21.5. The summed E-state index contributed by atoms with van der Waals surface area (Å²) in [6.07, 6.45) is -5.08. The molecule has 166 valence electrons. The lowest BCUT2D eigenvalue weighted by Gasteiger charge is -2.12. The molecule has 0 amide bonds. The summed E-state index contributed by atoms with van der Waals surface area (Å²) in [7, 11) is 1.72. The first-order valence-corrected chi connectivity index (χ1v) is 8.53. The molecule has 5 N–H and O–H groups in total. The van der Waals surface area contributed by atoms with Gasteiger partial charge in [-0.25, -0.2) is 14.2 Å². The molecule has 0 aliphatic carbocycles. The maximum Gasteiger partial charge on any atom is 0.490 e. The lowest BCUT2D eigenvalue weighted by atomic mass is 10.1. The number of alkyl halides is 3. The molecule has 0 fully saturated rings. The number of rotatable bonds is 5. The number of fused-ring (bicyclic) bond motifs is 1. The Balaban J connectivity index is 0.000000423. The highest BCUT2D eigenvalue weighted by Crippen LogP contribution is 2.33. The molecule has 1 aromatic carbocycles. The number of nitrogens with zero attached hydrogens (tertiary/aromatic N) is 3. The predicted molar refractivity (Wildman–Crippen MR) is 103 cm³/mol. The molecule has 0 radical (unpaired) electrons. The van der Waals surface area contributed by atoms with E-state index in [0.29, 0.717) is 28.3 Å². The number of aromatic nitrogens is 3. The van der Waals surface area contributed by atoms with Gasteiger partial charge in [0.2, 0.25) is 5.95 Å². The van der Waals surface area contributed by atoms with E-state index in [9.17, 15) is 17.6 Å². The Morgan fingerprint density at radius 1 is 1.19 bits per heavy atom. The number of ether oxygens (including phenoxy) is 1. The fraction of sp³-hybridized carbons (Fsp3) is 0.222. The number of nitrogens with one attached hydrogen (secondary N) is 1. The number of hydrogen-bond acceptors (Lipinski definition) is 8. The summed E-state index contributed by atoms with van der Waals surface area (Å²) in [6.45, 7) is -0.112. The van der Waals surface area contributed by atoms with Gasteiger partial charge in [0, 0.05) is 7.05 Å². The SMILES string of the molecule is CNc1nc(N)nc2nc(-c3c(F)cccc3OCCO)ccc12.O=C(O)C(F)(F)F. The van der Waals surface area contributed by atoms with E-state index >= 15 is 0 Å². The maximum absolute atomic E-state index is 14.3. The number of benzene rings is 1. The topological polar surface area (TPSA) is 143 Å². The molecule has 13 heteroatoms. The van der Waals surface area contributed by atoms with Gasteiger partial charge >= 0.3 is 12.1 Å². The highest BCUT2D eigenvalue weighted by molar-refractivity contribution is 5.89. The summed E-state index contributed by atoms with van der Waals surface area (Å²) in [5, 5.41) is 19.6. The van der Waals surface area contributed by atoms with E-state index in [0.717, 1.165) is 0 Å². The van der Waals surface area contributed by atoms with Crippen LogP contribution >= 0.6 is 0 Å². The predicted octanol–water partition coefficient (Wildman–Crippen LogP) is 2.46. The Morgan fingerprint density at radius 3 is 2.45 bits per heavy atom. The van der Waals surface area contributed by atoms with Gasteiger partial charge in [0.25, 0.3) is 0 Å². The molecule has 0 aliphatic rings. The van der Waals surface area contributed by atoms with Gasteiger partial charge in [0.1, 0.15) is 24.0 Å². The van der Waals surface area contributed by atoms with Crippen molar-refractivity contribution >= 4 is 28.8 Å². The quantitative estimate of drug-likeness (QED) is 0.437. The van der Waals surface area contributed by atoms with Gasteiger partial charge in [-0.05, 0) is 24.3 Å². The average Bonchev–Trinajstić information content (AvgIpc) is 2.70. The first kappa shape index (κ1) is 23.5. The van der Waals surface area contributed by atoms with Crippen LogP contribution in [0.25, 0.3) is 22.3 Å². The molecular weight excluding hydrogens is 426 g/mol. The van der Waals surface area contributed by atoms with Crippen molar-refractivity contribution in [3.05, 3.63) is 36.1 Å². The van der Waals surface area contributed by atoms with E-state index in [1.54, 1.807) is 25.2 Å². The number of anilines is 2. The monoisotopic (exact) mass is 443 g/mol. The second-order valence-corrected chi connectivity index (χ2v) is 5.74. The number of carbonyl (C=O) groups is 1. The molecule has 0 saturated heterocycles. The van der Waals surface area contributed by atoms with Crippen LogP contribution in [0.3, 0.4) is 0 Å². The molecule has 0 saturated carbocycles. The van der Waals surface area contributed by atoms with Gasteiger partial charge in [-0.3, -0.25) is 0 Å². The Kier molecular flexibility index (Phi) is 7.47. The van der Waals surface area contributed by atoms with Crippen molar-refractivity contribution in [3.8, 4) is 17.0 Å². The number of aliphatic carboxylic acids is 1. The zero-order valence-corrected chi connectivity index (χ0v) is 15.9. The smallest absolute Gasteiger partial charge is 0.490 e. The molecule has 0 atom stereocenters. The van der Waals surface area contributed by atoms with Crippen LogP contribution in [0.5, 0.6) is 5.75 Å². The number of aliphatic hydroxyl groups is 1. The van der Waals surface area contributed by atoms with Crippen LogP contribution in [-0.4, -0.2) is 57.6 Å². The van der Waals surface area contributed by atoms with Crippen LogP contribution in [0.4, 0.5) is 29.3 Å². The highest BCUT2D eigenvalue weighted by atomic mass is 19.4. The molecule has 31 heavy (non-hydrogen) atoms. The largest absolute Gasteiger partial charge is 0.490 e. The summed E-state index contributed by atoms with van der Waals surface area (Å²) >= 11 is 0. The number of halogens is 4. The Labute approximate surface area is 172 Å². The normalized spacial score (nSPS) is 10.9. The molecule has 0 spiro atoms. The van der Waals surface area contributed by atoms with Gasteiger partial charge in [-0.2, -0.15) is 23.1 Å². The van der Waals surface area contributed by atoms with Gasteiger partial charge in [-0.15, -0.1) is 0 Å². The lowest BCUT2D eigenvalue weighted by molar-refractivity contribution is -0.192. The van der Waals surface area contributed by atoms with Crippen molar-refractivity contribution in [2.24, 2.45) is 0 Å². The second-order valence-electron chi connectivity index (χ2n) is 5.74. The van der Waals surface area contributed by atoms with Crippen molar-refractivity contribution in [3.63, 3.8) is 0 Å². The molecule has 2 aromatic heterocycles. The third-order valence-corrected chi connectivity index (χ3v) is 3.64. The van der Waals surface area contributed by atoms with Gasteiger partial charge in [0.15, 0.2) is 5.65 Å². The van der Waals surface area contributed by atoms with E-state index in [1.807, 2.05) is 0 Å². The van der Waals surface area contributed by atoms with E-state index in [-0.39, 0.29) is 24.7 Å². The zero-order valence-electron chi connectivity index (χ0n) is 15.9. The second kappa shape index (κ2) is 9.84. The molecule has 0 unspecified atom stereocenters. The minimum absolute atomic E-state index is 0.0586. The Bertz CT molecular complexity index is 1080. The minimum atomic E-state index is -5.08. The summed E-state index contributed by atoms with van der Waals surface area (Å²) in [6, 6.07) is 7.87. The number of nitrogens with two attached hydrogens (primary N) is 1. The number of hydrogen-bond donors (Lipinski definition) is 4. The van der Waals surface area contributed by atoms with Crippen LogP contribution in [0.15, 0.2) is 30.3 Å². The van der Waals surface area contributed by atoms with Crippen LogP contribution < -0.4 is 15.8 Å². The van der Waals surface area contributed by atoms with E-state index < -0.39 is 18.0 Å². The Morgan fingerprint density at radius 2 is 1.87 bits per heavy atom. The molecular formula is C18H17F4N5O4. The van der Waals surface area contributed by atoms with Crippen LogP contribution in [0, 0.1) is 5.82 Å². The molecule has 0 bridgehead atoms. The van der Waals surface area contributed by atoms with Crippen molar-refractivity contribution in [2.45, 2.75) is 6.18 Å². The summed E-state index contributed by atoms with van der Waals surface area (Å²) in [5.74, 6) is -2.32. The third-order valence-electron chi connectivity index (χ3n) is 3.64. The molecule has 2 heterocycles. The first-order valence-electron chi connectivity index (χ1n) is 8.53. The van der Waals surface area contributed by atoms with Crippen LogP contribution in [0.1, 0.15) is 0 Å². The molecule has 9 nitrogen and oxygen atoms in total. The zero-order chi connectivity index (χ0) is 23.2. The highest BCUT2D eigenvalue weighted by Gasteiger charge is 2.38. The van der Waals surface area contributed by atoms with Gasteiger partial charge in [-0.1, -0.05) is 6.07 Å². The number of carboxylic acids is 1. The number of carboxylic acid groups (broad SMARTS) is 1. The van der Waals surface area contributed by atoms with E-state index in [2.05, 4.69) is 20.3 Å². The van der Waals surface area contributed by atoms with Gasteiger partial charge in [0.05, 0.1) is 23.3 Å². The standard InChI is InChI=1S/C16H16FN5O2.C2HF3O2/c1-19-14-9-5-6-11(20-15(9)22-16(18)21-14)13-10(17)3-2-4-12(13)24-8-7-23;3-2(4,5)1(6)7/h2-6,23H,7-8H2,1H3,(H3,18,19,20,21,22);(H,6,7). The van der Waals surface area contributed by atoms with E-state index in [1.165, 1.54) is 12.1 Å². The van der Waals surface area contributed by atoms with Crippen molar-refractivity contribution in [2.75, 3.05) is 31.3 Å². The summed E-state index contributed by atoms with van der Waals surface area (Å²) in [5.41, 5.74) is 6.59. The maximum atomic E-state index is 14.3. The van der Waals surface area contributed by atoms with Crippen LogP contribution in [-0.2, 0) is 4.79 Å². The molecule has 0 aliphatic heterocycles. The number of pyridine rings is 1. The minimum Gasteiger partial charge on any atom is -0.490 e. The van der Waals surface area contributed by atoms with E-state index in [4.69, 9.17) is 25.5 Å². The number of nitrogen functional groups attached to an aromatic ring is 1. The molecule has 3 rings (SSSR count). The fourth-order valence-corrected chi connectivity index (χ4v) is 2.39. The third kappa shape index (κ3) is 5.88. The lowest BCUT2D eigenvalue weighted by Crippen LogP contribution is -2.21. The fourth-order valence-electron chi connectivity index (χ4n) is 2.39. The first-order chi connectivity index (χ1) is 14.6. The van der Waals surface area contributed by atoms with Crippen LogP contribution in [0.2, 0.25) is 0 Å². The van der Waals surface area contributed by atoms with Gasteiger partial charge < -0.3 is 26.0 Å². The van der Waals surface area contributed by atoms with Crippen molar-refractivity contribution < 1.29 is 37.3 Å². The summed E-state index contributed by atoms with van der Waals surface area (Å²) < 4.78 is 51.5. The van der Waals surface area contributed by atoms with Crippen molar-refractivity contribution in [1.82, 2.24) is 15.0 Å². The average molecular weight is 443 g/mol. The van der Waals surface area contributed by atoms with Crippen molar-refractivity contribution in [1.29, 1.82) is 0 Å². The number of aliphatic hydroxyl groups excluding tert-OH is 1. The Hall–Kier alpha value is -3.74.